The van der Waals surface area contributed by atoms with Crippen LogP contribution in [0.5, 0.6) is 0 Å². The lowest BCUT2D eigenvalue weighted by Gasteiger charge is -2.21. The largest absolute Gasteiger partial charge is 0.481 e. The van der Waals surface area contributed by atoms with Gasteiger partial charge >= 0.3 is 5.97 Å². The van der Waals surface area contributed by atoms with Crippen LogP contribution < -0.4 is 5.73 Å². The Hall–Kier alpha value is -2.79. The minimum absolute atomic E-state index is 0.00915. The van der Waals surface area contributed by atoms with Crippen LogP contribution in [0, 0.1) is 0 Å². The number of nitrogens with two attached hydrogens (primary N) is 1. The minimum Gasteiger partial charge on any atom is -0.481 e. The zero-order valence-electron chi connectivity index (χ0n) is 16.8. The molecule has 3 N–H and O–H groups in total. The monoisotopic (exact) mass is 383 g/mol. The van der Waals surface area contributed by atoms with Gasteiger partial charge in [-0.2, -0.15) is 0 Å². The zero-order valence-corrected chi connectivity index (χ0v) is 16.8. The second kappa shape index (κ2) is 11.1. The van der Waals surface area contributed by atoms with Crippen LogP contribution in [0.1, 0.15) is 55.1 Å². The summed E-state index contributed by atoms with van der Waals surface area (Å²) in [4.78, 5) is 33.6. The van der Waals surface area contributed by atoms with E-state index >= 15 is 0 Å². The molecular formula is C23H29NO4. The summed E-state index contributed by atoms with van der Waals surface area (Å²) in [7, 11) is 0. The Labute approximate surface area is 166 Å². The number of carboxylic acid groups (broad SMARTS) is 1. The standard InChI is InChI=1S/C15H18O4.C8H11N/c1-10(16)15(2,3)12-6-4-11(5-7-12)13(17)8-9-14(18)19;9-7-6-8-4-2-1-3-5-8/h4-7H,8-9H2,1-3H3,(H,18,19);1-5H,6-7,9H2. The lowest BCUT2D eigenvalue weighted by molar-refractivity contribution is -0.137. The van der Waals surface area contributed by atoms with Crippen LogP contribution in [0.2, 0.25) is 0 Å². The first-order chi connectivity index (χ1) is 13.2. The number of rotatable bonds is 8. The average molecular weight is 383 g/mol. The van der Waals surface area contributed by atoms with Crippen molar-refractivity contribution in [2.75, 3.05) is 6.54 Å². The minimum atomic E-state index is -0.984. The highest BCUT2D eigenvalue weighted by Crippen LogP contribution is 2.24. The van der Waals surface area contributed by atoms with Gasteiger partial charge in [-0.3, -0.25) is 14.4 Å². The van der Waals surface area contributed by atoms with Crippen molar-refractivity contribution in [1.29, 1.82) is 0 Å². The van der Waals surface area contributed by atoms with E-state index < -0.39 is 11.4 Å². The molecule has 0 saturated carbocycles. The van der Waals surface area contributed by atoms with Gasteiger partial charge in [0.1, 0.15) is 5.78 Å². The summed E-state index contributed by atoms with van der Waals surface area (Å²) in [5.41, 5.74) is 7.42. The fraction of sp³-hybridized carbons (Fsp3) is 0.348. The van der Waals surface area contributed by atoms with Gasteiger partial charge in [0, 0.05) is 17.4 Å². The normalized spacial score (nSPS) is 10.6. The van der Waals surface area contributed by atoms with Crippen LogP contribution in [0.25, 0.3) is 0 Å². The number of hydrogen-bond donors (Lipinski definition) is 2. The van der Waals surface area contributed by atoms with E-state index in [-0.39, 0.29) is 24.4 Å². The molecule has 28 heavy (non-hydrogen) atoms. The molecule has 0 unspecified atom stereocenters. The highest BCUT2D eigenvalue weighted by Gasteiger charge is 2.25. The maximum atomic E-state index is 11.7. The van der Waals surface area contributed by atoms with Gasteiger partial charge in [-0.25, -0.2) is 0 Å². The average Bonchev–Trinajstić information content (AvgIpc) is 2.67. The molecule has 0 amide bonds. The molecular weight excluding hydrogens is 354 g/mol. The quantitative estimate of drug-likeness (QED) is 0.676. The van der Waals surface area contributed by atoms with Gasteiger partial charge in [-0.05, 0) is 44.9 Å². The van der Waals surface area contributed by atoms with Gasteiger partial charge in [0.25, 0.3) is 0 Å². The highest BCUT2D eigenvalue weighted by atomic mass is 16.4. The molecule has 0 aliphatic carbocycles. The predicted octanol–water partition coefficient (Wildman–Crippen LogP) is 3.79. The van der Waals surface area contributed by atoms with Crippen LogP contribution >= 0.6 is 0 Å². The molecule has 0 spiro atoms. The van der Waals surface area contributed by atoms with E-state index in [9.17, 15) is 14.4 Å². The molecule has 2 aromatic carbocycles. The Morgan fingerprint density at radius 2 is 1.50 bits per heavy atom. The van der Waals surface area contributed by atoms with Crippen molar-refractivity contribution in [3.8, 4) is 0 Å². The number of carboxylic acids is 1. The number of benzene rings is 2. The van der Waals surface area contributed by atoms with Gasteiger partial charge in [0.05, 0.1) is 6.42 Å². The van der Waals surface area contributed by atoms with Gasteiger partial charge in [-0.15, -0.1) is 0 Å². The van der Waals surface area contributed by atoms with Gasteiger partial charge < -0.3 is 10.8 Å². The van der Waals surface area contributed by atoms with E-state index in [0.29, 0.717) is 5.56 Å². The van der Waals surface area contributed by atoms with Crippen LogP contribution in [-0.4, -0.2) is 29.2 Å². The number of aliphatic carboxylic acids is 1. The van der Waals surface area contributed by atoms with Crippen molar-refractivity contribution in [2.24, 2.45) is 5.73 Å². The van der Waals surface area contributed by atoms with Crippen LogP contribution in [0.3, 0.4) is 0 Å². The molecule has 0 saturated heterocycles. The summed E-state index contributed by atoms with van der Waals surface area (Å²) in [5.74, 6) is -1.13. The van der Waals surface area contributed by atoms with Crippen molar-refractivity contribution in [2.45, 2.75) is 45.4 Å². The first kappa shape index (κ1) is 23.2. The number of ketones is 2. The van der Waals surface area contributed by atoms with E-state index in [0.717, 1.165) is 18.5 Å². The summed E-state index contributed by atoms with van der Waals surface area (Å²) in [6.07, 6.45) is 0.811. The summed E-state index contributed by atoms with van der Waals surface area (Å²) in [6.45, 7) is 5.93. The third-order valence-electron chi connectivity index (χ3n) is 4.65. The van der Waals surface area contributed by atoms with Gasteiger partial charge in [0.2, 0.25) is 0 Å². The predicted molar refractivity (Wildman–Crippen MR) is 111 cm³/mol. The van der Waals surface area contributed by atoms with E-state index in [1.807, 2.05) is 32.0 Å². The van der Waals surface area contributed by atoms with Crippen molar-refractivity contribution in [1.82, 2.24) is 0 Å². The highest BCUT2D eigenvalue weighted by molar-refractivity contribution is 5.97. The third kappa shape index (κ3) is 7.45. The molecule has 5 heteroatoms. The Balaban J connectivity index is 0.000000362. The molecule has 150 valence electrons. The molecule has 0 radical (unpaired) electrons. The number of hydrogen-bond acceptors (Lipinski definition) is 4. The molecule has 2 rings (SSSR count). The van der Waals surface area contributed by atoms with Crippen molar-refractivity contribution >= 4 is 17.5 Å². The molecule has 0 fully saturated rings. The number of carbonyl (C=O) groups excluding carboxylic acids is 2. The topological polar surface area (TPSA) is 97.5 Å². The first-order valence-electron chi connectivity index (χ1n) is 9.29. The Morgan fingerprint density at radius 3 is 1.96 bits per heavy atom. The smallest absolute Gasteiger partial charge is 0.303 e. The molecule has 0 atom stereocenters. The fourth-order valence-corrected chi connectivity index (χ4v) is 2.45. The SMILES string of the molecule is CC(=O)C(C)(C)c1ccc(C(=O)CCC(=O)O)cc1.NCCc1ccccc1. The first-order valence-corrected chi connectivity index (χ1v) is 9.29. The van der Waals surface area contributed by atoms with Crippen LogP contribution in [0.4, 0.5) is 0 Å². The zero-order chi connectivity index (χ0) is 21.2. The van der Waals surface area contributed by atoms with Gasteiger partial charge in [0.15, 0.2) is 5.78 Å². The molecule has 2 aromatic rings. The summed E-state index contributed by atoms with van der Waals surface area (Å²) >= 11 is 0. The summed E-state index contributed by atoms with van der Waals surface area (Å²) < 4.78 is 0. The second-order valence-electron chi connectivity index (χ2n) is 7.10. The lowest BCUT2D eigenvalue weighted by Crippen LogP contribution is -2.26. The van der Waals surface area contributed by atoms with E-state index in [4.69, 9.17) is 10.8 Å². The number of Topliss-reactive ketones (excluding diaryl/α,β-unsaturated/α-hetero) is 2. The molecule has 0 aliphatic heterocycles. The van der Waals surface area contributed by atoms with Crippen molar-refractivity contribution in [3.63, 3.8) is 0 Å². The van der Waals surface area contributed by atoms with Crippen LogP contribution in [-0.2, 0) is 21.4 Å². The van der Waals surface area contributed by atoms with Gasteiger partial charge in [-0.1, -0.05) is 54.6 Å². The Bertz CT molecular complexity index is 780. The number of carbonyl (C=O) groups is 3. The van der Waals surface area contributed by atoms with E-state index in [1.54, 1.807) is 24.3 Å². The molecule has 0 aromatic heterocycles. The molecule has 5 nitrogen and oxygen atoms in total. The Kier molecular flexibility index (Phi) is 9.25. The fourth-order valence-electron chi connectivity index (χ4n) is 2.45. The van der Waals surface area contributed by atoms with Crippen LogP contribution in [0.15, 0.2) is 54.6 Å². The maximum absolute atomic E-state index is 11.7. The second-order valence-corrected chi connectivity index (χ2v) is 7.10. The lowest BCUT2D eigenvalue weighted by atomic mass is 9.81. The third-order valence-corrected chi connectivity index (χ3v) is 4.65. The maximum Gasteiger partial charge on any atom is 0.303 e. The van der Waals surface area contributed by atoms with Crippen molar-refractivity contribution in [3.05, 3.63) is 71.3 Å². The van der Waals surface area contributed by atoms with E-state index in [1.165, 1.54) is 12.5 Å². The summed E-state index contributed by atoms with van der Waals surface area (Å²) in [5, 5.41) is 8.53. The molecule has 0 bridgehead atoms. The Morgan fingerprint density at radius 1 is 0.929 bits per heavy atom. The summed E-state index contributed by atoms with van der Waals surface area (Å²) in [6, 6.07) is 17.0. The van der Waals surface area contributed by atoms with E-state index in [2.05, 4.69) is 12.1 Å². The molecule has 0 aliphatic rings. The van der Waals surface area contributed by atoms with Crippen molar-refractivity contribution < 1.29 is 19.5 Å². The molecule has 0 heterocycles.